The molecule has 0 radical (unpaired) electrons. The fourth-order valence-corrected chi connectivity index (χ4v) is 1.54. The van der Waals surface area contributed by atoms with Gasteiger partial charge in [0.15, 0.2) is 5.69 Å². The Morgan fingerprint density at radius 2 is 2.29 bits per heavy atom. The Hall–Kier alpha value is -2.24. The molecule has 17 heavy (non-hydrogen) atoms. The van der Waals surface area contributed by atoms with E-state index in [1.807, 2.05) is 18.2 Å². The predicted molar refractivity (Wildman–Crippen MR) is 59.7 cm³/mol. The molecule has 6 nitrogen and oxygen atoms in total. The Kier molecular flexibility index (Phi) is 3.13. The molecule has 2 rings (SSSR count). The molecular weight excluding hydrogens is 220 g/mol. The van der Waals surface area contributed by atoms with Crippen LogP contribution in [0.25, 0.3) is 0 Å². The summed E-state index contributed by atoms with van der Waals surface area (Å²) in [7, 11) is 0. The Morgan fingerprint density at radius 3 is 2.88 bits per heavy atom. The first kappa shape index (κ1) is 11.3. The molecule has 0 aliphatic rings. The number of aromatic carboxylic acids is 1. The van der Waals surface area contributed by atoms with Crippen LogP contribution in [0, 0.1) is 6.92 Å². The summed E-state index contributed by atoms with van der Waals surface area (Å²) < 4.78 is 1.58. The van der Waals surface area contributed by atoms with Gasteiger partial charge < -0.3 is 5.11 Å². The minimum Gasteiger partial charge on any atom is -0.476 e. The van der Waals surface area contributed by atoms with E-state index in [1.54, 1.807) is 17.8 Å². The number of aromatic nitrogens is 4. The lowest BCUT2D eigenvalue weighted by Crippen LogP contribution is -2.07. The monoisotopic (exact) mass is 232 g/mol. The van der Waals surface area contributed by atoms with E-state index in [9.17, 15) is 4.79 Å². The second-order valence-electron chi connectivity index (χ2n) is 3.62. The molecule has 0 atom stereocenters. The number of hydrogen-bond donors (Lipinski definition) is 1. The highest BCUT2D eigenvalue weighted by molar-refractivity contribution is 5.86. The molecule has 0 aliphatic heterocycles. The molecule has 0 aromatic carbocycles. The molecule has 0 saturated carbocycles. The number of rotatable bonds is 4. The molecule has 2 aromatic rings. The van der Waals surface area contributed by atoms with Gasteiger partial charge >= 0.3 is 5.97 Å². The van der Waals surface area contributed by atoms with Gasteiger partial charge in [-0.1, -0.05) is 11.3 Å². The van der Waals surface area contributed by atoms with Gasteiger partial charge in [0, 0.05) is 24.9 Å². The molecule has 0 unspecified atom stereocenters. The smallest absolute Gasteiger partial charge is 0.358 e. The third-order valence-electron chi connectivity index (χ3n) is 2.49. The van der Waals surface area contributed by atoms with E-state index < -0.39 is 5.97 Å². The van der Waals surface area contributed by atoms with E-state index in [-0.39, 0.29) is 5.69 Å². The topological polar surface area (TPSA) is 80.9 Å². The van der Waals surface area contributed by atoms with Crippen LogP contribution in [0.1, 0.15) is 21.9 Å². The Morgan fingerprint density at radius 1 is 1.47 bits per heavy atom. The van der Waals surface area contributed by atoms with Crippen LogP contribution in [0.2, 0.25) is 0 Å². The fraction of sp³-hybridized carbons (Fsp3) is 0.273. The van der Waals surface area contributed by atoms with Crippen LogP contribution in [0.5, 0.6) is 0 Å². The van der Waals surface area contributed by atoms with Crippen LogP contribution < -0.4 is 0 Å². The average molecular weight is 232 g/mol. The standard InChI is InChI=1S/C11H12N4O2/c1-8-10(11(16)17)13-14-15(8)7-5-9-4-2-3-6-12-9/h2-4,6H,5,7H2,1H3,(H,16,17). The van der Waals surface area contributed by atoms with Crippen molar-refractivity contribution in [3.63, 3.8) is 0 Å². The van der Waals surface area contributed by atoms with Crippen molar-refractivity contribution in [2.45, 2.75) is 19.9 Å². The summed E-state index contributed by atoms with van der Waals surface area (Å²) in [5, 5.41) is 16.3. The van der Waals surface area contributed by atoms with Gasteiger partial charge in [-0.15, -0.1) is 5.10 Å². The average Bonchev–Trinajstić information content (AvgIpc) is 2.69. The number of carboxylic acid groups (broad SMARTS) is 1. The van der Waals surface area contributed by atoms with Crippen molar-refractivity contribution < 1.29 is 9.90 Å². The summed E-state index contributed by atoms with van der Waals surface area (Å²) in [4.78, 5) is 15.0. The molecule has 88 valence electrons. The molecule has 1 N–H and O–H groups in total. The van der Waals surface area contributed by atoms with E-state index >= 15 is 0 Å². The summed E-state index contributed by atoms with van der Waals surface area (Å²) in [6.07, 6.45) is 2.43. The molecule has 0 bridgehead atoms. The minimum absolute atomic E-state index is 0.00557. The van der Waals surface area contributed by atoms with Crippen molar-refractivity contribution in [2.75, 3.05) is 0 Å². The van der Waals surface area contributed by atoms with E-state index in [0.717, 1.165) is 5.69 Å². The van der Waals surface area contributed by atoms with Crippen LogP contribution in [0.4, 0.5) is 0 Å². The van der Waals surface area contributed by atoms with Crippen molar-refractivity contribution in [3.8, 4) is 0 Å². The number of hydrogen-bond acceptors (Lipinski definition) is 4. The third-order valence-corrected chi connectivity index (χ3v) is 2.49. The van der Waals surface area contributed by atoms with Gasteiger partial charge in [0.1, 0.15) is 0 Å². The molecule has 0 aliphatic carbocycles. The van der Waals surface area contributed by atoms with Gasteiger partial charge in [0.05, 0.1) is 5.69 Å². The van der Waals surface area contributed by atoms with Crippen LogP contribution >= 0.6 is 0 Å². The molecule has 0 saturated heterocycles. The van der Waals surface area contributed by atoms with E-state index in [0.29, 0.717) is 18.7 Å². The van der Waals surface area contributed by atoms with E-state index in [4.69, 9.17) is 5.11 Å². The first-order chi connectivity index (χ1) is 8.18. The number of aryl methyl sites for hydroxylation is 2. The fourth-order valence-electron chi connectivity index (χ4n) is 1.54. The van der Waals surface area contributed by atoms with Crippen molar-refractivity contribution in [1.29, 1.82) is 0 Å². The summed E-state index contributed by atoms with van der Waals surface area (Å²) in [6, 6.07) is 5.69. The lowest BCUT2D eigenvalue weighted by atomic mass is 10.2. The highest BCUT2D eigenvalue weighted by Crippen LogP contribution is 2.05. The summed E-state index contributed by atoms with van der Waals surface area (Å²) in [5.74, 6) is -1.05. The van der Waals surface area contributed by atoms with Crippen molar-refractivity contribution in [3.05, 3.63) is 41.5 Å². The lowest BCUT2D eigenvalue weighted by Gasteiger charge is -2.02. The van der Waals surface area contributed by atoms with Gasteiger partial charge in [-0.05, 0) is 19.1 Å². The maximum absolute atomic E-state index is 10.8. The SMILES string of the molecule is Cc1c(C(=O)O)nnn1CCc1ccccn1. The number of carbonyl (C=O) groups is 1. The highest BCUT2D eigenvalue weighted by Gasteiger charge is 2.14. The van der Waals surface area contributed by atoms with E-state index in [1.165, 1.54) is 0 Å². The zero-order chi connectivity index (χ0) is 12.3. The maximum atomic E-state index is 10.8. The lowest BCUT2D eigenvalue weighted by molar-refractivity contribution is 0.0689. The van der Waals surface area contributed by atoms with Crippen LogP contribution in [-0.2, 0) is 13.0 Å². The second kappa shape index (κ2) is 4.73. The quantitative estimate of drug-likeness (QED) is 0.847. The molecule has 2 heterocycles. The first-order valence-electron chi connectivity index (χ1n) is 5.22. The van der Waals surface area contributed by atoms with Crippen LogP contribution in [-0.4, -0.2) is 31.1 Å². The van der Waals surface area contributed by atoms with Gasteiger partial charge in [-0.3, -0.25) is 4.98 Å². The van der Waals surface area contributed by atoms with E-state index in [2.05, 4.69) is 15.3 Å². The highest BCUT2D eigenvalue weighted by atomic mass is 16.4. The maximum Gasteiger partial charge on any atom is 0.358 e. The van der Waals surface area contributed by atoms with Gasteiger partial charge in [0.2, 0.25) is 0 Å². The Balaban J connectivity index is 2.07. The normalized spacial score (nSPS) is 10.4. The number of nitrogens with zero attached hydrogens (tertiary/aromatic N) is 4. The van der Waals surface area contributed by atoms with Crippen LogP contribution in [0.15, 0.2) is 24.4 Å². The van der Waals surface area contributed by atoms with Gasteiger partial charge in [-0.2, -0.15) is 0 Å². The van der Waals surface area contributed by atoms with Crippen molar-refractivity contribution in [2.24, 2.45) is 0 Å². The molecular formula is C11H12N4O2. The number of pyridine rings is 1. The van der Waals surface area contributed by atoms with Crippen LogP contribution in [0.3, 0.4) is 0 Å². The van der Waals surface area contributed by atoms with Crippen molar-refractivity contribution >= 4 is 5.97 Å². The Bertz CT molecular complexity index is 522. The molecule has 2 aromatic heterocycles. The molecule has 0 amide bonds. The third kappa shape index (κ3) is 2.47. The summed E-state index contributed by atoms with van der Waals surface area (Å²) in [5.41, 5.74) is 1.51. The Labute approximate surface area is 97.9 Å². The summed E-state index contributed by atoms with van der Waals surface area (Å²) >= 11 is 0. The predicted octanol–water partition coefficient (Wildman–Crippen LogP) is 0.922. The minimum atomic E-state index is -1.05. The summed E-state index contributed by atoms with van der Waals surface area (Å²) in [6.45, 7) is 2.27. The number of carboxylic acids is 1. The molecule has 0 spiro atoms. The second-order valence-corrected chi connectivity index (χ2v) is 3.62. The zero-order valence-corrected chi connectivity index (χ0v) is 9.37. The zero-order valence-electron chi connectivity index (χ0n) is 9.37. The van der Waals surface area contributed by atoms with Gasteiger partial charge in [0.25, 0.3) is 0 Å². The van der Waals surface area contributed by atoms with Gasteiger partial charge in [-0.25, -0.2) is 9.48 Å². The molecule has 0 fully saturated rings. The molecule has 6 heteroatoms. The van der Waals surface area contributed by atoms with Crippen molar-refractivity contribution in [1.82, 2.24) is 20.0 Å². The largest absolute Gasteiger partial charge is 0.476 e. The first-order valence-corrected chi connectivity index (χ1v) is 5.22.